The van der Waals surface area contributed by atoms with Crippen molar-refractivity contribution >= 4 is 47.2 Å². The number of rotatable bonds is 8. The highest BCUT2D eigenvalue weighted by Gasteiger charge is 2.60. The van der Waals surface area contributed by atoms with Gasteiger partial charge in [0, 0.05) is 0 Å². The first-order valence-electron chi connectivity index (χ1n) is 7.39. The normalized spacial score (nSPS) is 46.6. The lowest BCUT2D eigenvalue weighted by Crippen LogP contribution is -2.61. The van der Waals surface area contributed by atoms with E-state index in [0.29, 0.717) is 0 Å². The molecule has 0 spiro atoms. The van der Waals surface area contributed by atoms with Gasteiger partial charge in [0.25, 0.3) is 0 Å². The average Bonchev–Trinajstić information content (AvgIpc) is 2.87. The lowest BCUT2D eigenvalue weighted by Gasteiger charge is -2.43. The summed E-state index contributed by atoms with van der Waals surface area (Å²) in [7, 11) is 0. The second-order valence-electron chi connectivity index (χ2n) is 5.76. The van der Waals surface area contributed by atoms with Crippen LogP contribution in [0.3, 0.4) is 0 Å². The summed E-state index contributed by atoms with van der Waals surface area (Å²) in [5.74, 6) is -2.02. The number of alkyl halides is 1. The van der Waals surface area contributed by atoms with Crippen LogP contribution in [-0.4, -0.2) is 94.3 Å². The van der Waals surface area contributed by atoms with Gasteiger partial charge in [-0.2, -0.15) is 0 Å². The fourth-order valence-corrected chi connectivity index (χ4v) is 3.58. The minimum atomic E-state index is -2.02. The number of aliphatic hydroxyl groups excluding tert-OH is 4. The Hall–Kier alpha value is 0.760. The van der Waals surface area contributed by atoms with Gasteiger partial charge in [-0.3, -0.25) is 12.9 Å². The highest BCUT2D eigenvalue weighted by atomic mass is 35.5. The number of hydrogen-bond donors (Lipinski definition) is 4. The maximum absolute atomic E-state index is 10.5. The Labute approximate surface area is 168 Å². The molecule has 2 aliphatic rings. The van der Waals surface area contributed by atoms with Crippen molar-refractivity contribution in [1.82, 2.24) is 0 Å². The molecule has 2 fully saturated rings. The van der Waals surface area contributed by atoms with Crippen LogP contribution >= 0.6 is 47.2 Å². The molecular formula is C12H18Cl4O10. The van der Waals surface area contributed by atoms with Crippen LogP contribution in [0.5, 0.6) is 0 Å². The van der Waals surface area contributed by atoms with E-state index >= 15 is 0 Å². The van der Waals surface area contributed by atoms with Crippen LogP contribution in [0.2, 0.25) is 0 Å². The second-order valence-corrected chi connectivity index (χ2v) is 6.88. The molecule has 0 aromatic rings. The highest BCUT2D eigenvalue weighted by Crippen LogP contribution is 2.39. The molecule has 26 heavy (non-hydrogen) atoms. The van der Waals surface area contributed by atoms with E-state index in [4.69, 9.17) is 61.4 Å². The van der Waals surface area contributed by atoms with Crippen LogP contribution in [0.4, 0.5) is 0 Å². The van der Waals surface area contributed by atoms with E-state index < -0.39 is 67.3 Å². The molecule has 0 aromatic carbocycles. The van der Waals surface area contributed by atoms with E-state index in [1.807, 2.05) is 0 Å². The minimum Gasteiger partial charge on any atom is -0.394 e. The number of ether oxygens (including phenoxy) is 3. The third-order valence-corrected chi connectivity index (χ3v) is 5.16. The summed E-state index contributed by atoms with van der Waals surface area (Å²) in [5, 5.41) is 38.9. The standard InChI is InChI=1S/C12H18Cl4O10/c13-6-4(1-17)23-11(8(19)7(6)18)25-12(3-22-15)10(20)9(26-16)5(24-12)2-21-14/h4-11,17-20H,1-3H2/t4-,5-,6+,7+,8-,9-,10+,11-,12?/m1/s1. The number of halogens is 4. The van der Waals surface area contributed by atoms with Gasteiger partial charge in [-0.25, -0.2) is 0 Å². The van der Waals surface area contributed by atoms with Crippen molar-refractivity contribution in [2.75, 3.05) is 19.8 Å². The molecule has 0 bridgehead atoms. The van der Waals surface area contributed by atoms with Crippen LogP contribution in [0.1, 0.15) is 0 Å². The van der Waals surface area contributed by atoms with E-state index in [-0.39, 0.29) is 6.61 Å². The summed E-state index contributed by atoms with van der Waals surface area (Å²) < 4.78 is 30.1. The first kappa shape index (κ1) is 23.0. The summed E-state index contributed by atoms with van der Waals surface area (Å²) in [6.45, 7) is -1.36. The van der Waals surface area contributed by atoms with E-state index in [1.54, 1.807) is 0 Å². The summed E-state index contributed by atoms with van der Waals surface area (Å²) >= 11 is 21.8. The van der Waals surface area contributed by atoms with Gasteiger partial charge in [0.2, 0.25) is 5.79 Å². The molecule has 0 radical (unpaired) electrons. The van der Waals surface area contributed by atoms with Crippen LogP contribution in [0.25, 0.3) is 0 Å². The van der Waals surface area contributed by atoms with Gasteiger partial charge in [0.05, 0.1) is 54.2 Å². The molecule has 1 unspecified atom stereocenters. The molecule has 14 heteroatoms. The summed E-state index contributed by atoms with van der Waals surface area (Å²) in [5.41, 5.74) is 0. The first-order chi connectivity index (χ1) is 12.3. The van der Waals surface area contributed by atoms with E-state index in [1.165, 1.54) is 0 Å². The van der Waals surface area contributed by atoms with Crippen molar-refractivity contribution in [3.8, 4) is 0 Å². The van der Waals surface area contributed by atoms with E-state index in [9.17, 15) is 20.4 Å². The lowest BCUT2D eigenvalue weighted by molar-refractivity contribution is -0.370. The molecule has 0 aliphatic carbocycles. The van der Waals surface area contributed by atoms with Gasteiger partial charge in [-0.05, 0) is 0 Å². The Balaban J connectivity index is 2.23. The van der Waals surface area contributed by atoms with Crippen LogP contribution in [0.15, 0.2) is 0 Å². The maximum atomic E-state index is 10.5. The Kier molecular flexibility index (Phi) is 8.85. The topological polar surface area (TPSA) is 136 Å². The van der Waals surface area contributed by atoms with Crippen LogP contribution in [-0.2, 0) is 27.1 Å². The molecule has 0 saturated carbocycles. The maximum Gasteiger partial charge on any atom is 0.226 e. The molecular weight excluding hydrogens is 446 g/mol. The molecule has 2 saturated heterocycles. The molecule has 10 nitrogen and oxygen atoms in total. The quantitative estimate of drug-likeness (QED) is 0.345. The van der Waals surface area contributed by atoms with Crippen molar-refractivity contribution in [2.45, 2.75) is 54.1 Å². The fourth-order valence-electron chi connectivity index (χ4n) is 2.81. The Morgan fingerprint density at radius 3 is 2.23 bits per heavy atom. The minimum absolute atomic E-state index is 0.247. The van der Waals surface area contributed by atoms with Gasteiger partial charge >= 0.3 is 0 Å². The predicted octanol–water partition coefficient (Wildman–Crippen LogP) is -0.615. The zero-order valence-corrected chi connectivity index (χ0v) is 16.0. The number of hydrogen-bond acceptors (Lipinski definition) is 10. The van der Waals surface area contributed by atoms with Gasteiger partial charge in [0.15, 0.2) is 6.29 Å². The fraction of sp³-hybridized carbons (Fsp3) is 1.00. The van der Waals surface area contributed by atoms with Gasteiger partial charge in [-0.15, -0.1) is 11.6 Å². The van der Waals surface area contributed by atoms with Gasteiger partial charge in [-0.1, -0.05) is 0 Å². The average molecular weight is 464 g/mol. The smallest absolute Gasteiger partial charge is 0.226 e. The third-order valence-electron chi connectivity index (χ3n) is 4.18. The Morgan fingerprint density at radius 2 is 1.69 bits per heavy atom. The summed E-state index contributed by atoms with van der Waals surface area (Å²) in [4.78, 5) is 0. The molecule has 2 rings (SSSR count). The molecule has 9 atom stereocenters. The first-order valence-corrected chi connectivity index (χ1v) is 8.76. The number of aliphatic hydroxyl groups is 4. The monoisotopic (exact) mass is 462 g/mol. The highest BCUT2D eigenvalue weighted by molar-refractivity contribution is 6.21. The van der Waals surface area contributed by atoms with Gasteiger partial charge < -0.3 is 34.6 Å². The zero-order chi connectivity index (χ0) is 19.5. The predicted molar refractivity (Wildman–Crippen MR) is 86.4 cm³/mol. The van der Waals surface area contributed by atoms with Gasteiger partial charge in [0.1, 0.15) is 43.2 Å². The van der Waals surface area contributed by atoms with E-state index in [2.05, 4.69) is 12.9 Å². The van der Waals surface area contributed by atoms with Crippen molar-refractivity contribution in [3.05, 3.63) is 0 Å². The second kappa shape index (κ2) is 9.99. The van der Waals surface area contributed by atoms with E-state index in [0.717, 1.165) is 0 Å². The van der Waals surface area contributed by atoms with Crippen molar-refractivity contribution in [3.63, 3.8) is 0 Å². The molecule has 4 N–H and O–H groups in total. The Morgan fingerprint density at radius 1 is 1.00 bits per heavy atom. The van der Waals surface area contributed by atoms with Crippen molar-refractivity contribution in [1.29, 1.82) is 0 Å². The SMILES string of the molecule is OC[C@H]1O[C@H](OC2(COCl)O[C@H](COCl)[C@@H](OCl)[C@@H]2O)[C@H](O)[C@@H](O)[C@H]1Cl. The van der Waals surface area contributed by atoms with Crippen LogP contribution in [0, 0.1) is 0 Å². The van der Waals surface area contributed by atoms with Crippen molar-refractivity contribution < 1.29 is 47.5 Å². The molecule has 154 valence electrons. The van der Waals surface area contributed by atoms with Crippen LogP contribution < -0.4 is 0 Å². The largest absolute Gasteiger partial charge is 0.394 e. The van der Waals surface area contributed by atoms with Crippen molar-refractivity contribution in [2.24, 2.45) is 0 Å². The molecule has 0 amide bonds. The lowest BCUT2D eigenvalue weighted by atomic mass is 10.0. The molecule has 2 aliphatic heterocycles. The summed E-state index contributed by atoms with van der Waals surface area (Å²) in [6.07, 6.45) is -9.50. The Bertz CT molecular complexity index is 448. The molecule has 0 aromatic heterocycles. The third kappa shape index (κ3) is 4.50. The zero-order valence-electron chi connectivity index (χ0n) is 13.0. The molecule has 2 heterocycles. The summed E-state index contributed by atoms with van der Waals surface area (Å²) in [6, 6.07) is 0.